The molecule has 4 nitrogen and oxygen atoms in total. The fourth-order valence-electron chi connectivity index (χ4n) is 2.19. The molecule has 120 valence electrons. The fraction of sp³-hybridized carbons (Fsp3) is 0.438. The van der Waals surface area contributed by atoms with Gasteiger partial charge in [-0.2, -0.15) is 0 Å². The van der Waals surface area contributed by atoms with Crippen LogP contribution in [0, 0.1) is 6.92 Å². The summed E-state index contributed by atoms with van der Waals surface area (Å²) in [6.07, 6.45) is 0. The monoisotopic (exact) mass is 337 g/mol. The van der Waals surface area contributed by atoms with Crippen molar-refractivity contribution in [1.82, 2.24) is 15.1 Å². The lowest BCUT2D eigenvalue weighted by molar-refractivity contribution is 0.201. The normalized spacial score (nSPS) is 12.4. The summed E-state index contributed by atoms with van der Waals surface area (Å²) in [6.45, 7) is 3.34. The van der Waals surface area contributed by atoms with Crippen molar-refractivity contribution in [3.8, 4) is 0 Å². The predicted molar refractivity (Wildman–Crippen MR) is 94.7 cm³/mol. The second-order valence-corrected chi connectivity index (χ2v) is 7.54. The number of amides is 2. The Balaban J connectivity index is 1.89. The van der Waals surface area contributed by atoms with E-state index in [0.717, 1.165) is 0 Å². The zero-order chi connectivity index (χ0) is 16.1. The van der Waals surface area contributed by atoms with Gasteiger partial charge in [0.1, 0.15) is 0 Å². The van der Waals surface area contributed by atoms with Crippen molar-refractivity contribution in [2.45, 2.75) is 19.5 Å². The summed E-state index contributed by atoms with van der Waals surface area (Å²) in [5.41, 5.74) is 1.24. The zero-order valence-corrected chi connectivity index (χ0v) is 15.1. The van der Waals surface area contributed by atoms with Crippen LogP contribution in [-0.2, 0) is 6.54 Å². The third-order valence-electron chi connectivity index (χ3n) is 3.64. The lowest BCUT2D eigenvalue weighted by Crippen LogP contribution is -2.41. The highest BCUT2D eigenvalue weighted by Crippen LogP contribution is 2.22. The van der Waals surface area contributed by atoms with Crippen LogP contribution in [0.2, 0.25) is 0 Å². The highest BCUT2D eigenvalue weighted by atomic mass is 32.1. The van der Waals surface area contributed by atoms with Crippen LogP contribution in [-0.4, -0.2) is 43.5 Å². The van der Waals surface area contributed by atoms with Gasteiger partial charge in [0.25, 0.3) is 0 Å². The summed E-state index contributed by atoms with van der Waals surface area (Å²) < 4.78 is 0. The second kappa shape index (κ2) is 7.76. The van der Waals surface area contributed by atoms with Gasteiger partial charge in [-0.05, 0) is 49.5 Å². The first-order valence-corrected chi connectivity index (χ1v) is 8.96. The number of urea groups is 1. The van der Waals surface area contributed by atoms with Crippen LogP contribution in [0.25, 0.3) is 0 Å². The molecule has 2 aromatic rings. The van der Waals surface area contributed by atoms with E-state index in [0.29, 0.717) is 13.1 Å². The Kier molecular flexibility index (Phi) is 5.99. The number of rotatable bonds is 6. The van der Waals surface area contributed by atoms with E-state index >= 15 is 0 Å². The van der Waals surface area contributed by atoms with Crippen LogP contribution in [0.5, 0.6) is 0 Å². The summed E-state index contributed by atoms with van der Waals surface area (Å²) in [6, 6.07) is 6.42. The molecule has 0 aliphatic rings. The largest absolute Gasteiger partial charge is 0.336 e. The van der Waals surface area contributed by atoms with Gasteiger partial charge in [-0.1, -0.05) is 6.07 Å². The SMILES string of the molecule is Cc1ccsc1CN(C)C(=O)NCC(c1cccs1)N(C)C. The van der Waals surface area contributed by atoms with E-state index in [-0.39, 0.29) is 12.1 Å². The number of aryl methyl sites for hydroxylation is 1. The van der Waals surface area contributed by atoms with Crippen molar-refractivity contribution >= 4 is 28.7 Å². The molecule has 2 heterocycles. The maximum Gasteiger partial charge on any atom is 0.317 e. The minimum absolute atomic E-state index is 0.0313. The number of hydrogen-bond acceptors (Lipinski definition) is 4. The van der Waals surface area contributed by atoms with Crippen molar-refractivity contribution in [2.75, 3.05) is 27.7 Å². The first-order valence-electron chi connectivity index (χ1n) is 7.20. The highest BCUT2D eigenvalue weighted by Gasteiger charge is 2.18. The molecule has 0 spiro atoms. The van der Waals surface area contributed by atoms with Gasteiger partial charge < -0.3 is 15.1 Å². The lowest BCUT2D eigenvalue weighted by Gasteiger charge is -2.25. The quantitative estimate of drug-likeness (QED) is 0.875. The van der Waals surface area contributed by atoms with Crippen molar-refractivity contribution in [3.05, 3.63) is 44.3 Å². The van der Waals surface area contributed by atoms with Gasteiger partial charge in [-0.3, -0.25) is 0 Å². The lowest BCUT2D eigenvalue weighted by atomic mass is 10.2. The smallest absolute Gasteiger partial charge is 0.317 e. The number of carbonyl (C=O) groups excluding carboxylic acids is 1. The van der Waals surface area contributed by atoms with Gasteiger partial charge in [0.15, 0.2) is 0 Å². The molecule has 0 bridgehead atoms. The van der Waals surface area contributed by atoms with Crippen molar-refractivity contribution in [2.24, 2.45) is 0 Å². The van der Waals surface area contributed by atoms with Gasteiger partial charge in [0, 0.05) is 23.3 Å². The molecule has 1 N–H and O–H groups in total. The Hall–Kier alpha value is -1.37. The predicted octanol–water partition coefficient (Wildman–Crippen LogP) is 3.56. The van der Waals surface area contributed by atoms with Gasteiger partial charge in [0.05, 0.1) is 12.6 Å². The molecule has 0 aliphatic carbocycles. The molecule has 0 saturated carbocycles. The molecule has 2 aromatic heterocycles. The van der Waals surface area contributed by atoms with Crippen LogP contribution in [0.4, 0.5) is 4.79 Å². The molecule has 0 aromatic carbocycles. The summed E-state index contributed by atoms with van der Waals surface area (Å²) in [4.78, 5) is 18.7. The number of nitrogens with one attached hydrogen (secondary N) is 1. The van der Waals surface area contributed by atoms with Crippen molar-refractivity contribution in [1.29, 1.82) is 0 Å². The summed E-state index contributed by atoms with van der Waals surface area (Å²) in [7, 11) is 5.91. The molecular weight excluding hydrogens is 314 g/mol. The topological polar surface area (TPSA) is 35.6 Å². The number of thiophene rings is 2. The van der Waals surface area contributed by atoms with E-state index in [1.54, 1.807) is 27.6 Å². The molecule has 2 amide bonds. The van der Waals surface area contributed by atoms with Gasteiger partial charge in [0.2, 0.25) is 0 Å². The molecule has 0 fully saturated rings. The first-order chi connectivity index (χ1) is 10.5. The van der Waals surface area contributed by atoms with Gasteiger partial charge >= 0.3 is 6.03 Å². The van der Waals surface area contributed by atoms with Crippen LogP contribution in [0.3, 0.4) is 0 Å². The highest BCUT2D eigenvalue weighted by molar-refractivity contribution is 7.10. The maximum absolute atomic E-state index is 12.3. The van der Waals surface area contributed by atoms with E-state index in [9.17, 15) is 4.79 Å². The van der Waals surface area contributed by atoms with E-state index in [1.807, 2.05) is 27.2 Å². The van der Waals surface area contributed by atoms with Crippen LogP contribution < -0.4 is 5.32 Å². The standard InChI is InChI=1S/C16H23N3OS2/c1-12-7-9-22-15(12)11-19(4)16(20)17-10-13(18(2)3)14-6-5-8-21-14/h5-9,13H,10-11H2,1-4H3,(H,17,20). The fourth-order valence-corrected chi connectivity index (χ4v) is 4.07. The molecule has 0 saturated heterocycles. The molecule has 0 aliphatic heterocycles. The molecule has 2 rings (SSSR count). The van der Waals surface area contributed by atoms with E-state index in [2.05, 4.69) is 40.0 Å². The molecular formula is C16H23N3OS2. The molecule has 1 unspecified atom stereocenters. The van der Waals surface area contributed by atoms with E-state index in [4.69, 9.17) is 0 Å². The Morgan fingerprint density at radius 1 is 1.23 bits per heavy atom. The Morgan fingerprint density at radius 3 is 2.55 bits per heavy atom. The van der Waals surface area contributed by atoms with Crippen LogP contribution in [0.1, 0.15) is 21.4 Å². The van der Waals surface area contributed by atoms with Crippen molar-refractivity contribution in [3.63, 3.8) is 0 Å². The third-order valence-corrected chi connectivity index (χ3v) is 5.62. The number of likely N-dealkylation sites (N-methyl/N-ethyl adjacent to an activating group) is 1. The van der Waals surface area contributed by atoms with Crippen LogP contribution >= 0.6 is 22.7 Å². The summed E-state index contributed by atoms with van der Waals surface area (Å²) in [5, 5.41) is 7.17. The zero-order valence-electron chi connectivity index (χ0n) is 13.5. The van der Waals surface area contributed by atoms with Gasteiger partial charge in [-0.25, -0.2) is 4.79 Å². The van der Waals surface area contributed by atoms with Crippen molar-refractivity contribution < 1.29 is 4.79 Å². The average Bonchev–Trinajstić information content (AvgIpc) is 3.11. The molecule has 0 radical (unpaired) electrons. The molecule has 22 heavy (non-hydrogen) atoms. The van der Waals surface area contributed by atoms with E-state index in [1.165, 1.54) is 15.3 Å². The molecule has 6 heteroatoms. The average molecular weight is 338 g/mol. The van der Waals surface area contributed by atoms with E-state index < -0.39 is 0 Å². The third kappa shape index (κ3) is 4.32. The minimum Gasteiger partial charge on any atom is -0.336 e. The summed E-state index contributed by atoms with van der Waals surface area (Å²) in [5.74, 6) is 0. The molecule has 1 atom stereocenters. The summed E-state index contributed by atoms with van der Waals surface area (Å²) >= 11 is 3.41. The minimum atomic E-state index is -0.0313. The second-order valence-electron chi connectivity index (χ2n) is 5.56. The first kappa shape index (κ1) is 17.0. The number of nitrogens with zero attached hydrogens (tertiary/aromatic N) is 2. The van der Waals surface area contributed by atoms with Crippen LogP contribution in [0.15, 0.2) is 29.0 Å². The van der Waals surface area contributed by atoms with Gasteiger partial charge in [-0.15, -0.1) is 22.7 Å². The Labute approximate surface area is 140 Å². The Bertz CT molecular complexity index is 592. The Morgan fingerprint density at radius 2 is 2.00 bits per heavy atom. The maximum atomic E-state index is 12.3. The number of carbonyl (C=O) groups is 1. The number of hydrogen-bond donors (Lipinski definition) is 1.